The molecule has 1 aromatic heterocycles. The Bertz CT molecular complexity index is 318. The Morgan fingerprint density at radius 1 is 1.62 bits per heavy atom. The zero-order chi connectivity index (χ0) is 11.2. The topological polar surface area (TPSA) is 41.1 Å². The van der Waals surface area contributed by atoms with Gasteiger partial charge in [0.05, 0.1) is 6.54 Å². The Hall–Kier alpha value is -0.870. The zero-order valence-electron chi connectivity index (χ0n) is 9.37. The molecule has 1 unspecified atom stereocenters. The van der Waals surface area contributed by atoms with E-state index in [1.165, 1.54) is 17.7 Å². The molecule has 0 aromatic carbocycles. The molecule has 0 aliphatic carbocycles. The van der Waals surface area contributed by atoms with Crippen LogP contribution in [0.3, 0.4) is 0 Å². The Morgan fingerprint density at radius 2 is 2.56 bits per heavy atom. The minimum Gasteiger partial charge on any atom is -0.351 e. The summed E-state index contributed by atoms with van der Waals surface area (Å²) in [5.74, 6) is 0.708. The third kappa shape index (κ3) is 3.61. The maximum absolute atomic E-state index is 11.7. The van der Waals surface area contributed by atoms with Crippen LogP contribution in [-0.4, -0.2) is 19.0 Å². The van der Waals surface area contributed by atoms with Crippen molar-refractivity contribution < 1.29 is 4.79 Å². The lowest BCUT2D eigenvalue weighted by molar-refractivity contribution is -0.122. The minimum absolute atomic E-state index is 0.183. The average molecular weight is 238 g/mol. The van der Waals surface area contributed by atoms with Gasteiger partial charge in [-0.1, -0.05) is 6.07 Å². The maximum Gasteiger partial charge on any atom is 0.220 e. The molecule has 16 heavy (non-hydrogen) atoms. The summed E-state index contributed by atoms with van der Waals surface area (Å²) in [6.45, 7) is 2.77. The highest BCUT2D eigenvalue weighted by Gasteiger charge is 2.16. The van der Waals surface area contributed by atoms with Crippen LogP contribution in [0, 0.1) is 5.92 Å². The van der Waals surface area contributed by atoms with Crippen molar-refractivity contribution in [1.82, 2.24) is 10.6 Å². The van der Waals surface area contributed by atoms with Gasteiger partial charge in [-0.15, -0.1) is 11.3 Å². The third-order valence-corrected chi connectivity index (χ3v) is 3.79. The average Bonchev–Trinajstić information content (AvgIpc) is 2.81. The van der Waals surface area contributed by atoms with Gasteiger partial charge in [-0.3, -0.25) is 4.79 Å². The normalized spacial score (nSPS) is 20.6. The highest BCUT2D eigenvalue weighted by molar-refractivity contribution is 7.09. The summed E-state index contributed by atoms with van der Waals surface area (Å²) in [6.07, 6.45) is 3.04. The summed E-state index contributed by atoms with van der Waals surface area (Å²) in [6, 6.07) is 4.06. The van der Waals surface area contributed by atoms with Crippen LogP contribution in [0.25, 0.3) is 0 Å². The third-order valence-electron chi connectivity index (χ3n) is 2.91. The van der Waals surface area contributed by atoms with Crippen molar-refractivity contribution in [2.45, 2.75) is 25.8 Å². The predicted molar refractivity (Wildman–Crippen MR) is 66.4 cm³/mol. The molecule has 88 valence electrons. The number of piperidine rings is 1. The lowest BCUT2D eigenvalue weighted by Gasteiger charge is -2.21. The smallest absolute Gasteiger partial charge is 0.220 e. The SMILES string of the molecule is O=C(CC1CCCNC1)NCc1cccs1. The van der Waals surface area contributed by atoms with Crippen LogP contribution in [0.4, 0.5) is 0 Å². The van der Waals surface area contributed by atoms with E-state index >= 15 is 0 Å². The minimum atomic E-state index is 0.183. The van der Waals surface area contributed by atoms with E-state index in [4.69, 9.17) is 0 Å². The van der Waals surface area contributed by atoms with Crippen LogP contribution in [0.1, 0.15) is 24.1 Å². The first-order chi connectivity index (χ1) is 7.84. The number of thiophene rings is 1. The molecule has 1 saturated heterocycles. The molecule has 0 saturated carbocycles. The summed E-state index contributed by atoms with van der Waals surface area (Å²) in [5.41, 5.74) is 0. The van der Waals surface area contributed by atoms with E-state index in [2.05, 4.69) is 10.6 Å². The second kappa shape index (κ2) is 6.01. The van der Waals surface area contributed by atoms with E-state index in [0.29, 0.717) is 18.9 Å². The molecule has 1 fully saturated rings. The van der Waals surface area contributed by atoms with E-state index < -0.39 is 0 Å². The number of nitrogens with one attached hydrogen (secondary N) is 2. The van der Waals surface area contributed by atoms with Crippen molar-refractivity contribution in [2.75, 3.05) is 13.1 Å². The molecule has 2 N–H and O–H groups in total. The van der Waals surface area contributed by atoms with Crippen molar-refractivity contribution in [3.63, 3.8) is 0 Å². The monoisotopic (exact) mass is 238 g/mol. The first kappa shape index (κ1) is 11.6. The summed E-state index contributed by atoms with van der Waals surface area (Å²) < 4.78 is 0. The number of rotatable bonds is 4. The largest absolute Gasteiger partial charge is 0.351 e. The van der Waals surface area contributed by atoms with E-state index in [1.807, 2.05) is 17.5 Å². The predicted octanol–water partition coefficient (Wildman–Crippen LogP) is 1.75. The van der Waals surface area contributed by atoms with Crippen molar-refractivity contribution in [1.29, 1.82) is 0 Å². The Labute approximate surface area is 100 Å². The van der Waals surface area contributed by atoms with Crippen molar-refractivity contribution in [3.05, 3.63) is 22.4 Å². The molecule has 1 aliphatic heterocycles. The second-order valence-corrected chi connectivity index (χ2v) is 5.30. The van der Waals surface area contributed by atoms with Gasteiger partial charge >= 0.3 is 0 Å². The molecule has 0 radical (unpaired) electrons. The summed E-state index contributed by atoms with van der Waals surface area (Å²) >= 11 is 1.68. The molecular weight excluding hydrogens is 220 g/mol. The number of hydrogen-bond donors (Lipinski definition) is 2. The van der Waals surface area contributed by atoms with Crippen molar-refractivity contribution in [3.8, 4) is 0 Å². The van der Waals surface area contributed by atoms with Gasteiger partial charge in [-0.05, 0) is 43.3 Å². The summed E-state index contributed by atoms with van der Waals surface area (Å²) in [5, 5.41) is 8.34. The van der Waals surface area contributed by atoms with E-state index in [1.54, 1.807) is 11.3 Å². The fraction of sp³-hybridized carbons (Fsp3) is 0.583. The molecule has 1 aromatic rings. The molecule has 1 aliphatic rings. The van der Waals surface area contributed by atoms with Gasteiger partial charge in [-0.25, -0.2) is 0 Å². The number of amides is 1. The fourth-order valence-electron chi connectivity index (χ4n) is 2.03. The number of carbonyl (C=O) groups is 1. The van der Waals surface area contributed by atoms with E-state index in [9.17, 15) is 4.79 Å². The van der Waals surface area contributed by atoms with Crippen LogP contribution in [0.5, 0.6) is 0 Å². The van der Waals surface area contributed by atoms with Gasteiger partial charge in [0, 0.05) is 11.3 Å². The zero-order valence-corrected chi connectivity index (χ0v) is 10.2. The molecule has 2 rings (SSSR count). The van der Waals surface area contributed by atoms with Gasteiger partial charge < -0.3 is 10.6 Å². The summed E-state index contributed by atoms with van der Waals surface area (Å²) in [4.78, 5) is 12.9. The highest BCUT2D eigenvalue weighted by atomic mass is 32.1. The Balaban J connectivity index is 1.67. The second-order valence-electron chi connectivity index (χ2n) is 4.27. The Morgan fingerprint density at radius 3 is 3.25 bits per heavy atom. The molecule has 1 amide bonds. The van der Waals surface area contributed by atoms with Crippen LogP contribution in [0.15, 0.2) is 17.5 Å². The van der Waals surface area contributed by atoms with E-state index in [0.717, 1.165) is 13.1 Å². The molecular formula is C12H18N2OS. The van der Waals surface area contributed by atoms with Gasteiger partial charge in [0.15, 0.2) is 0 Å². The van der Waals surface area contributed by atoms with Crippen LogP contribution in [0.2, 0.25) is 0 Å². The first-order valence-corrected chi connectivity index (χ1v) is 6.72. The number of carbonyl (C=O) groups excluding carboxylic acids is 1. The molecule has 0 bridgehead atoms. The first-order valence-electron chi connectivity index (χ1n) is 5.84. The maximum atomic E-state index is 11.7. The Kier molecular flexibility index (Phi) is 4.36. The quantitative estimate of drug-likeness (QED) is 0.839. The van der Waals surface area contributed by atoms with E-state index in [-0.39, 0.29) is 5.91 Å². The molecule has 4 heteroatoms. The standard InChI is InChI=1S/C12H18N2OS/c15-12(7-10-3-1-5-13-8-10)14-9-11-4-2-6-16-11/h2,4,6,10,13H,1,3,5,7-9H2,(H,14,15). The molecule has 0 spiro atoms. The highest BCUT2D eigenvalue weighted by Crippen LogP contribution is 2.14. The van der Waals surface area contributed by atoms with Crippen molar-refractivity contribution in [2.24, 2.45) is 5.92 Å². The fourth-order valence-corrected chi connectivity index (χ4v) is 2.68. The lowest BCUT2D eigenvalue weighted by Crippen LogP contribution is -2.33. The molecule has 3 nitrogen and oxygen atoms in total. The van der Waals surface area contributed by atoms with Gasteiger partial charge in [0.2, 0.25) is 5.91 Å². The van der Waals surface area contributed by atoms with Crippen molar-refractivity contribution >= 4 is 17.2 Å². The molecule has 2 heterocycles. The molecule has 1 atom stereocenters. The van der Waals surface area contributed by atoms with Crippen LogP contribution >= 0.6 is 11.3 Å². The van der Waals surface area contributed by atoms with Crippen LogP contribution in [-0.2, 0) is 11.3 Å². The van der Waals surface area contributed by atoms with Gasteiger partial charge in [-0.2, -0.15) is 0 Å². The van der Waals surface area contributed by atoms with Gasteiger partial charge in [0.25, 0.3) is 0 Å². The van der Waals surface area contributed by atoms with Gasteiger partial charge in [0.1, 0.15) is 0 Å². The lowest BCUT2D eigenvalue weighted by atomic mass is 9.96. The number of hydrogen-bond acceptors (Lipinski definition) is 3. The van der Waals surface area contributed by atoms with Crippen LogP contribution < -0.4 is 10.6 Å². The summed E-state index contributed by atoms with van der Waals surface area (Å²) in [7, 11) is 0.